The molecule has 0 radical (unpaired) electrons. The second-order valence-electron chi connectivity index (χ2n) is 9.12. The van der Waals surface area contributed by atoms with E-state index in [4.69, 9.17) is 33.0 Å². The Kier molecular flexibility index (Phi) is 12.0. The van der Waals surface area contributed by atoms with Gasteiger partial charge in [-0.05, 0) is 37.6 Å². The van der Waals surface area contributed by atoms with E-state index in [1.807, 2.05) is 0 Å². The molecule has 0 aliphatic carbocycles. The van der Waals surface area contributed by atoms with Crippen LogP contribution in [0.1, 0.15) is 35.3 Å². The average molecular weight is 639 g/mol. The molecule has 9 N–H and O–H groups in total. The topological polar surface area (TPSA) is 218 Å². The van der Waals surface area contributed by atoms with Crippen LogP contribution in [0.2, 0.25) is 5.02 Å². The second kappa shape index (κ2) is 15.6. The second-order valence-corrected chi connectivity index (χ2v) is 9.53. The molecule has 4 aromatic rings. The first-order chi connectivity index (χ1) is 21.0. The lowest BCUT2D eigenvalue weighted by Gasteiger charge is -2.13. The van der Waals surface area contributed by atoms with E-state index in [0.717, 1.165) is 19.0 Å². The maximum absolute atomic E-state index is 13.4. The number of alkyl halides is 3. The van der Waals surface area contributed by atoms with Crippen molar-refractivity contribution in [3.63, 3.8) is 0 Å². The Labute approximate surface area is 253 Å². The molecule has 1 aromatic carbocycles. The number of amides is 2. The van der Waals surface area contributed by atoms with Crippen molar-refractivity contribution in [1.29, 1.82) is 0 Å². The van der Waals surface area contributed by atoms with Gasteiger partial charge in [0.1, 0.15) is 0 Å². The molecule has 3 aromatic heterocycles. The maximum atomic E-state index is 13.4. The lowest BCUT2D eigenvalue weighted by atomic mass is 10.1. The van der Waals surface area contributed by atoms with E-state index >= 15 is 0 Å². The lowest BCUT2D eigenvalue weighted by molar-refractivity contribution is -0.140. The van der Waals surface area contributed by atoms with Crippen molar-refractivity contribution in [3.05, 3.63) is 59.3 Å². The van der Waals surface area contributed by atoms with Crippen molar-refractivity contribution in [2.75, 3.05) is 25.0 Å². The van der Waals surface area contributed by atoms with Crippen LogP contribution < -0.4 is 27.4 Å². The molecule has 0 aliphatic heterocycles. The third-order valence-corrected chi connectivity index (χ3v) is 6.42. The third-order valence-electron chi connectivity index (χ3n) is 6.11. The highest BCUT2D eigenvalue weighted by molar-refractivity contribution is 6.34. The van der Waals surface area contributed by atoms with Gasteiger partial charge in [-0.2, -0.15) is 18.3 Å². The van der Waals surface area contributed by atoms with Gasteiger partial charge in [-0.25, -0.2) is 9.97 Å². The number of aromatic amines is 1. The number of aromatic nitrogens is 5. The summed E-state index contributed by atoms with van der Waals surface area (Å²) in [6, 6.07) is 3.97. The smallest absolute Gasteiger partial charge is 0.435 e. The zero-order valence-electron chi connectivity index (χ0n) is 23.1. The van der Waals surface area contributed by atoms with Crippen molar-refractivity contribution in [2.45, 2.75) is 31.5 Å². The number of rotatable bonds is 12. The predicted molar refractivity (Wildman–Crippen MR) is 155 cm³/mol. The fraction of sp³-hybridized carbons (Fsp3) is 0.308. The molecule has 0 saturated carbocycles. The van der Waals surface area contributed by atoms with Crippen molar-refractivity contribution in [2.24, 2.45) is 11.5 Å². The molecule has 18 heteroatoms. The van der Waals surface area contributed by atoms with Gasteiger partial charge in [0.05, 0.1) is 34.1 Å². The standard InChI is InChI=1S/C25H28ClF3N10O2.CH2O2/c26-17-11-14(4-5-15(17)23(40)33-7-8-34-24(41)18(31)3-1-2-6-30)37-21-22-35-13-19(39(22)10-9-32-21)16-12-36-38-20(16)25(27,28)29;2-1-3/h4-5,9-13,18H,1-3,6-8,30-31H2,(H,32,37)(H,33,40)(H,34,41)(H,36,38);1H,(H,2,3). The summed E-state index contributed by atoms with van der Waals surface area (Å²) in [7, 11) is 0. The Hall–Kier alpha value is -4.74. The molecule has 4 rings (SSSR count). The molecule has 1 unspecified atom stereocenters. The van der Waals surface area contributed by atoms with Crippen LogP contribution in [0.3, 0.4) is 0 Å². The van der Waals surface area contributed by atoms with E-state index in [0.29, 0.717) is 18.7 Å². The molecule has 0 spiro atoms. The summed E-state index contributed by atoms with van der Waals surface area (Å²) in [4.78, 5) is 41.5. The Morgan fingerprint density at radius 2 is 1.91 bits per heavy atom. The van der Waals surface area contributed by atoms with Crippen LogP contribution >= 0.6 is 11.6 Å². The SMILES string of the molecule is NCCCCC(N)C(=O)NCCNC(=O)c1ccc(Nc2nccn3c(-c4c[nH]nc4C(F)(F)F)cnc23)cc1Cl.O=CO. The number of H-pyrrole nitrogens is 1. The van der Waals surface area contributed by atoms with Gasteiger partial charge in [0.2, 0.25) is 5.91 Å². The third kappa shape index (κ3) is 8.65. The number of imidazole rings is 1. The number of nitrogens with zero attached hydrogens (tertiary/aromatic N) is 4. The molecule has 3 heterocycles. The van der Waals surface area contributed by atoms with Crippen molar-refractivity contribution in [3.8, 4) is 11.3 Å². The van der Waals surface area contributed by atoms with Crippen LogP contribution in [0, 0.1) is 0 Å². The van der Waals surface area contributed by atoms with Gasteiger partial charge in [-0.3, -0.25) is 23.9 Å². The summed E-state index contributed by atoms with van der Waals surface area (Å²) in [6.07, 6.45) is 2.76. The van der Waals surface area contributed by atoms with Crippen LogP contribution in [0.4, 0.5) is 24.7 Å². The highest BCUT2D eigenvalue weighted by Gasteiger charge is 2.37. The maximum Gasteiger partial charge on any atom is 0.435 e. The van der Waals surface area contributed by atoms with Gasteiger partial charge in [0.15, 0.2) is 17.2 Å². The molecule has 0 fully saturated rings. The molecule has 236 valence electrons. The number of carbonyl (C=O) groups excluding carboxylic acids is 2. The molecule has 2 amide bonds. The van der Waals surface area contributed by atoms with Gasteiger partial charge in [-0.1, -0.05) is 18.0 Å². The van der Waals surface area contributed by atoms with E-state index in [2.05, 4.69) is 36.1 Å². The molecule has 0 saturated heterocycles. The van der Waals surface area contributed by atoms with Crippen LogP contribution in [0.15, 0.2) is 43.0 Å². The number of hydrogen-bond acceptors (Lipinski definition) is 9. The first kappa shape index (κ1) is 33.8. The predicted octanol–water partition coefficient (Wildman–Crippen LogP) is 2.54. The highest BCUT2D eigenvalue weighted by Crippen LogP contribution is 2.36. The van der Waals surface area contributed by atoms with E-state index in [1.54, 1.807) is 6.07 Å². The number of fused-ring (bicyclic) bond motifs is 1. The molecule has 1 atom stereocenters. The Balaban J connectivity index is 0.00000169. The fourth-order valence-electron chi connectivity index (χ4n) is 4.05. The summed E-state index contributed by atoms with van der Waals surface area (Å²) in [5, 5.41) is 21.0. The summed E-state index contributed by atoms with van der Waals surface area (Å²) in [6.45, 7) is 0.648. The number of nitrogens with one attached hydrogen (secondary N) is 4. The van der Waals surface area contributed by atoms with Crippen molar-refractivity contribution < 1.29 is 32.7 Å². The largest absolute Gasteiger partial charge is 0.483 e. The van der Waals surface area contributed by atoms with Crippen LogP contribution in [-0.2, 0) is 15.8 Å². The minimum atomic E-state index is -4.65. The minimum absolute atomic E-state index is 0.141. The Morgan fingerprint density at radius 3 is 2.59 bits per heavy atom. The number of nitrogens with two attached hydrogens (primary N) is 2. The zero-order chi connectivity index (χ0) is 32.3. The first-order valence-electron chi connectivity index (χ1n) is 13.1. The van der Waals surface area contributed by atoms with E-state index in [1.165, 1.54) is 35.1 Å². The van der Waals surface area contributed by atoms with Crippen LogP contribution in [0.5, 0.6) is 0 Å². The van der Waals surface area contributed by atoms with Gasteiger partial charge in [0.25, 0.3) is 12.4 Å². The Bertz CT molecular complexity index is 1580. The number of anilines is 2. The number of benzene rings is 1. The van der Waals surface area contributed by atoms with Crippen LogP contribution in [0.25, 0.3) is 16.9 Å². The van der Waals surface area contributed by atoms with E-state index in [9.17, 15) is 22.8 Å². The Morgan fingerprint density at radius 1 is 1.18 bits per heavy atom. The minimum Gasteiger partial charge on any atom is -0.483 e. The normalized spacial score (nSPS) is 11.8. The number of unbranched alkanes of at least 4 members (excludes halogenated alkanes) is 1. The average Bonchev–Trinajstić information content (AvgIpc) is 3.64. The van der Waals surface area contributed by atoms with E-state index < -0.39 is 23.8 Å². The van der Waals surface area contributed by atoms with Crippen molar-refractivity contribution >= 4 is 47.0 Å². The summed E-state index contributed by atoms with van der Waals surface area (Å²) >= 11 is 6.35. The number of halogens is 4. The summed E-state index contributed by atoms with van der Waals surface area (Å²) in [5.41, 5.74) is 11.2. The molecular formula is C26H30ClF3N10O4. The van der Waals surface area contributed by atoms with Gasteiger partial charge in [0, 0.05) is 37.4 Å². The van der Waals surface area contributed by atoms with Gasteiger partial charge in [-0.15, -0.1) is 0 Å². The zero-order valence-corrected chi connectivity index (χ0v) is 23.8. The first-order valence-corrected chi connectivity index (χ1v) is 13.5. The van der Waals surface area contributed by atoms with Crippen molar-refractivity contribution in [1.82, 2.24) is 35.2 Å². The van der Waals surface area contributed by atoms with E-state index in [-0.39, 0.29) is 58.8 Å². The summed E-state index contributed by atoms with van der Waals surface area (Å²) < 4.78 is 41.5. The van der Waals surface area contributed by atoms with Crippen LogP contribution in [-0.4, -0.2) is 73.6 Å². The quantitative estimate of drug-likeness (QED) is 0.0888. The number of carbonyl (C=O) groups is 3. The van der Waals surface area contributed by atoms with Gasteiger partial charge < -0.3 is 32.5 Å². The molecule has 0 bridgehead atoms. The van der Waals surface area contributed by atoms with Gasteiger partial charge >= 0.3 is 6.18 Å². The molecule has 14 nitrogen and oxygen atoms in total. The fourth-order valence-corrected chi connectivity index (χ4v) is 4.32. The number of carboxylic acid groups (broad SMARTS) is 1. The number of hydrogen-bond donors (Lipinski definition) is 7. The lowest BCUT2D eigenvalue weighted by Crippen LogP contribution is -2.43. The molecule has 0 aliphatic rings. The monoisotopic (exact) mass is 638 g/mol. The summed E-state index contributed by atoms with van der Waals surface area (Å²) in [5.74, 6) is -0.494. The molecular weight excluding hydrogens is 609 g/mol. The highest BCUT2D eigenvalue weighted by atomic mass is 35.5. The molecule has 44 heavy (non-hydrogen) atoms.